The fourth-order valence-corrected chi connectivity index (χ4v) is 3.18. The summed E-state index contributed by atoms with van der Waals surface area (Å²) in [7, 11) is -2.01. The molecule has 0 fully saturated rings. The molecule has 0 saturated heterocycles. The van der Waals surface area contributed by atoms with Gasteiger partial charge in [0.05, 0.1) is 4.90 Å². The van der Waals surface area contributed by atoms with Crippen LogP contribution in [0.15, 0.2) is 35.2 Å². The Morgan fingerprint density at radius 1 is 1.29 bits per heavy atom. The highest BCUT2D eigenvalue weighted by Gasteiger charge is 2.18. The van der Waals surface area contributed by atoms with Gasteiger partial charge in [0.1, 0.15) is 5.82 Å². The number of hydrogen-bond acceptors (Lipinski definition) is 6. The lowest BCUT2D eigenvalue weighted by Gasteiger charge is -2.11. The van der Waals surface area contributed by atoms with Gasteiger partial charge < -0.3 is 11.1 Å². The maximum Gasteiger partial charge on any atom is 0.251 e. The van der Waals surface area contributed by atoms with Crippen LogP contribution in [-0.2, 0) is 10.0 Å². The van der Waals surface area contributed by atoms with E-state index in [1.807, 2.05) is 0 Å². The molecule has 0 spiro atoms. The van der Waals surface area contributed by atoms with E-state index in [0.29, 0.717) is 11.5 Å². The Kier molecular flexibility index (Phi) is 4.64. The normalized spacial score (nSPS) is 11.6. The minimum atomic E-state index is -3.49. The molecule has 0 aliphatic carbocycles. The van der Waals surface area contributed by atoms with E-state index in [-0.39, 0.29) is 10.8 Å². The Labute approximate surface area is 137 Å². The second kappa shape index (κ2) is 6.12. The lowest BCUT2D eigenvalue weighted by atomic mass is 10.3. The zero-order valence-electron chi connectivity index (χ0n) is 11.4. The van der Waals surface area contributed by atoms with Gasteiger partial charge in [0, 0.05) is 47.4 Å². The van der Waals surface area contributed by atoms with Crippen molar-refractivity contribution in [2.45, 2.75) is 11.8 Å². The van der Waals surface area contributed by atoms with Crippen molar-refractivity contribution in [3.05, 3.63) is 36.0 Å². The van der Waals surface area contributed by atoms with E-state index >= 15 is 0 Å². The van der Waals surface area contributed by atoms with Gasteiger partial charge in [-0.2, -0.15) is 4.98 Å². The number of halogens is 1. The number of nitrogens with zero attached hydrogens (tertiary/aromatic N) is 3. The van der Waals surface area contributed by atoms with Crippen molar-refractivity contribution in [2.24, 2.45) is 0 Å². The second-order valence-electron chi connectivity index (χ2n) is 4.30. The van der Waals surface area contributed by atoms with Crippen molar-refractivity contribution in [1.29, 1.82) is 0 Å². The number of nitrogens with two attached hydrogens (primary N) is 1. The maximum absolute atomic E-state index is 12.1. The molecule has 3 N–H and O–H groups in total. The van der Waals surface area contributed by atoms with Gasteiger partial charge in [0.25, 0.3) is 10.0 Å². The van der Waals surface area contributed by atoms with Crippen molar-refractivity contribution < 1.29 is 8.42 Å². The first-order valence-corrected chi connectivity index (χ1v) is 8.32. The Morgan fingerprint density at radius 2 is 2.00 bits per heavy atom. The number of sulfonamides is 1. The van der Waals surface area contributed by atoms with Crippen LogP contribution in [-0.4, -0.2) is 28.0 Å². The first-order chi connectivity index (χ1) is 9.79. The van der Waals surface area contributed by atoms with Gasteiger partial charge in [-0.05, 0) is 25.1 Å². The minimum absolute atomic E-state index is 0.160. The number of benzene rings is 1. The van der Waals surface area contributed by atoms with Crippen molar-refractivity contribution in [3.8, 4) is 0 Å². The zero-order valence-corrected chi connectivity index (χ0v) is 14.4. The van der Waals surface area contributed by atoms with Crippen molar-refractivity contribution in [3.63, 3.8) is 0 Å². The Hall–Kier alpha value is -1.46. The highest BCUT2D eigenvalue weighted by atomic mass is 127. The molecule has 21 heavy (non-hydrogen) atoms. The summed E-state index contributed by atoms with van der Waals surface area (Å²) in [5, 5.41) is 3.02. The first-order valence-electron chi connectivity index (χ1n) is 5.92. The van der Waals surface area contributed by atoms with Crippen LogP contribution in [0.3, 0.4) is 0 Å². The lowest BCUT2D eigenvalue weighted by molar-refractivity contribution is 0.571. The molecule has 9 heteroatoms. The molecule has 0 bridgehead atoms. The molecule has 2 rings (SSSR count). The first kappa shape index (κ1) is 15.9. The van der Waals surface area contributed by atoms with Crippen LogP contribution in [0.5, 0.6) is 0 Å². The average Bonchev–Trinajstić information content (AvgIpc) is 2.37. The van der Waals surface area contributed by atoms with Gasteiger partial charge in [-0.15, -0.1) is 2.52 Å². The highest BCUT2D eigenvalue weighted by Crippen LogP contribution is 2.23. The number of aromatic nitrogens is 2. The lowest BCUT2D eigenvalue weighted by Crippen LogP contribution is -2.16. The molecule has 0 radical (unpaired) electrons. The molecule has 1 heterocycles. The number of nitrogens with one attached hydrogen (secondary N) is 1. The van der Waals surface area contributed by atoms with Crippen LogP contribution < -0.4 is 11.1 Å². The van der Waals surface area contributed by atoms with E-state index in [9.17, 15) is 8.42 Å². The summed E-state index contributed by atoms with van der Waals surface area (Å²) in [6.45, 7) is 1.80. The van der Waals surface area contributed by atoms with Crippen LogP contribution in [0.1, 0.15) is 5.69 Å². The number of rotatable bonds is 4. The van der Waals surface area contributed by atoms with Crippen LogP contribution in [0.2, 0.25) is 0 Å². The summed E-state index contributed by atoms with van der Waals surface area (Å²) in [6, 6.07) is 8.21. The van der Waals surface area contributed by atoms with Gasteiger partial charge in [-0.25, -0.2) is 13.4 Å². The molecular formula is C12H14IN5O2S. The van der Waals surface area contributed by atoms with Gasteiger partial charge in [-0.1, -0.05) is 6.07 Å². The number of aryl methyl sites for hydroxylation is 1. The summed E-state index contributed by atoms with van der Waals surface area (Å²) in [5.41, 5.74) is 6.91. The molecule has 0 aliphatic rings. The molecular weight excluding hydrogens is 405 g/mol. The molecule has 112 valence electrons. The second-order valence-corrected chi connectivity index (χ2v) is 8.37. The Morgan fingerprint density at radius 3 is 2.62 bits per heavy atom. The standard InChI is InChI=1S/C12H14IN5O2S/c1-8-6-11(17-12(14)15-8)16-9-4-3-5-10(7-9)21(19,20)18(2)13/h3-7H,1-2H3,(H3,14,15,16,17). The third-order valence-corrected chi connectivity index (χ3v) is 5.67. The molecule has 0 atom stereocenters. The van der Waals surface area contributed by atoms with E-state index in [1.54, 1.807) is 48.0 Å². The fourth-order valence-electron chi connectivity index (χ4n) is 1.68. The monoisotopic (exact) mass is 419 g/mol. The third-order valence-electron chi connectivity index (χ3n) is 2.61. The molecule has 1 aromatic heterocycles. The summed E-state index contributed by atoms with van der Waals surface area (Å²) in [4.78, 5) is 8.23. The maximum atomic E-state index is 12.1. The van der Waals surface area contributed by atoms with E-state index < -0.39 is 10.0 Å². The number of hydrogen-bond donors (Lipinski definition) is 2. The summed E-state index contributed by atoms with van der Waals surface area (Å²) in [5.74, 6) is 0.672. The summed E-state index contributed by atoms with van der Waals surface area (Å²) >= 11 is 1.72. The minimum Gasteiger partial charge on any atom is -0.368 e. The number of anilines is 3. The van der Waals surface area contributed by atoms with E-state index in [4.69, 9.17) is 5.73 Å². The summed E-state index contributed by atoms with van der Waals surface area (Å²) < 4.78 is 25.3. The van der Waals surface area contributed by atoms with Crippen LogP contribution in [0.25, 0.3) is 0 Å². The van der Waals surface area contributed by atoms with Crippen LogP contribution >= 0.6 is 22.9 Å². The van der Waals surface area contributed by atoms with Crippen molar-refractivity contribution >= 4 is 50.3 Å². The van der Waals surface area contributed by atoms with Crippen molar-refractivity contribution in [2.75, 3.05) is 18.1 Å². The average molecular weight is 419 g/mol. The molecule has 1 aromatic carbocycles. The van der Waals surface area contributed by atoms with E-state index in [2.05, 4.69) is 15.3 Å². The van der Waals surface area contributed by atoms with Gasteiger partial charge >= 0.3 is 0 Å². The quantitative estimate of drug-likeness (QED) is 0.582. The van der Waals surface area contributed by atoms with Crippen LogP contribution in [0, 0.1) is 6.92 Å². The van der Waals surface area contributed by atoms with Gasteiger partial charge in [0.2, 0.25) is 5.95 Å². The molecule has 0 aliphatic heterocycles. The molecule has 0 unspecified atom stereocenters. The van der Waals surface area contributed by atoms with Crippen molar-refractivity contribution in [1.82, 2.24) is 12.5 Å². The fraction of sp³-hybridized carbons (Fsp3) is 0.167. The topological polar surface area (TPSA) is 101 Å². The summed E-state index contributed by atoms with van der Waals surface area (Å²) in [6.07, 6.45) is 0. The Bertz CT molecular complexity index is 744. The predicted molar refractivity (Wildman–Crippen MR) is 89.9 cm³/mol. The largest absolute Gasteiger partial charge is 0.368 e. The highest BCUT2D eigenvalue weighted by molar-refractivity contribution is 14.1. The van der Waals surface area contributed by atoms with E-state index in [0.717, 1.165) is 8.21 Å². The zero-order chi connectivity index (χ0) is 15.6. The van der Waals surface area contributed by atoms with Gasteiger partial charge in [-0.3, -0.25) is 0 Å². The van der Waals surface area contributed by atoms with Crippen LogP contribution in [0.4, 0.5) is 17.5 Å². The smallest absolute Gasteiger partial charge is 0.251 e. The van der Waals surface area contributed by atoms with Gasteiger partial charge in [0.15, 0.2) is 0 Å². The molecule has 0 saturated carbocycles. The predicted octanol–water partition coefficient (Wildman–Crippen LogP) is 2.08. The Balaban J connectivity index is 2.34. The number of nitrogen functional groups attached to an aromatic ring is 1. The third kappa shape index (κ3) is 3.80. The molecule has 0 amide bonds. The molecule has 2 aromatic rings. The SMILES string of the molecule is Cc1cc(Nc2cccc(S(=O)(=O)N(C)I)c2)nc(N)n1. The molecule has 7 nitrogen and oxygen atoms in total. The van der Waals surface area contributed by atoms with E-state index in [1.165, 1.54) is 19.2 Å².